The lowest BCUT2D eigenvalue weighted by molar-refractivity contribution is 0.102. The van der Waals surface area contributed by atoms with Crippen LogP contribution in [0.3, 0.4) is 0 Å². The van der Waals surface area contributed by atoms with Crippen LogP contribution in [-0.4, -0.2) is 90.8 Å². The van der Waals surface area contributed by atoms with Gasteiger partial charge in [0, 0.05) is 33.4 Å². The van der Waals surface area contributed by atoms with Gasteiger partial charge in [0.1, 0.15) is 34.5 Å². The number of carbonyl (C=O) groups is 3. The van der Waals surface area contributed by atoms with Crippen LogP contribution >= 0.6 is 0 Å². The Morgan fingerprint density at radius 1 is 0.371 bits per heavy atom. The summed E-state index contributed by atoms with van der Waals surface area (Å²) in [4.78, 5) is 36.9. The van der Waals surface area contributed by atoms with Gasteiger partial charge in [0.05, 0.1) is 23.8 Å². The summed E-state index contributed by atoms with van der Waals surface area (Å²) in [5.41, 5.74) is 0.860. The van der Waals surface area contributed by atoms with Crippen LogP contribution in [0.1, 0.15) is 77.4 Å². The Labute approximate surface area is 353 Å². The molecular formula is C45H44O17. The second-order valence-corrected chi connectivity index (χ2v) is 13.4. The molecule has 6 rings (SSSR count). The minimum Gasteiger partial charge on any atom is -0.508 e. The van der Waals surface area contributed by atoms with Crippen molar-refractivity contribution in [2.75, 3.05) is 7.11 Å². The first-order valence-corrected chi connectivity index (χ1v) is 17.6. The van der Waals surface area contributed by atoms with Gasteiger partial charge in [0.15, 0.2) is 51.8 Å². The largest absolute Gasteiger partial charge is 0.508 e. The van der Waals surface area contributed by atoms with E-state index in [-0.39, 0.29) is 109 Å². The van der Waals surface area contributed by atoms with Crippen LogP contribution in [-0.2, 0) is 0 Å². The molecule has 0 atom stereocenters. The van der Waals surface area contributed by atoms with Gasteiger partial charge >= 0.3 is 0 Å². The van der Waals surface area contributed by atoms with Gasteiger partial charge in [-0.2, -0.15) is 0 Å². The van der Waals surface area contributed by atoms with E-state index < -0.39 is 51.8 Å². The molecule has 17 heteroatoms. The first kappa shape index (κ1) is 47.9. The fourth-order valence-corrected chi connectivity index (χ4v) is 5.56. The molecule has 0 unspecified atom stereocenters. The number of benzene rings is 6. The maximum Gasteiger partial charge on any atom is 0.201 e. The first-order valence-electron chi connectivity index (χ1n) is 17.6. The van der Waals surface area contributed by atoms with E-state index in [0.717, 1.165) is 24.3 Å². The lowest BCUT2D eigenvalue weighted by atomic mass is 9.98. The maximum atomic E-state index is 12.4. The fourth-order valence-electron chi connectivity index (χ4n) is 5.56. The lowest BCUT2D eigenvalue weighted by Gasteiger charge is -2.11. The Hall–Kier alpha value is -8.47. The molecule has 0 fully saturated rings. The summed E-state index contributed by atoms with van der Waals surface area (Å²) in [5, 5.41) is 124. The summed E-state index contributed by atoms with van der Waals surface area (Å²) in [5.74, 6) is -7.15. The summed E-state index contributed by atoms with van der Waals surface area (Å²) in [6, 6.07) is 14.5. The van der Waals surface area contributed by atoms with Gasteiger partial charge in [-0.15, -0.1) is 0 Å². The van der Waals surface area contributed by atoms with Crippen LogP contribution in [0.2, 0.25) is 0 Å². The molecule has 0 aromatic heterocycles. The fraction of sp³-hybridized carbons (Fsp3) is 0.133. The molecule has 0 saturated carbocycles. The first-order chi connectivity index (χ1) is 28.5. The Morgan fingerprint density at radius 3 is 1.16 bits per heavy atom. The third-order valence-electron chi connectivity index (χ3n) is 9.35. The molecule has 0 aliphatic heterocycles. The van der Waals surface area contributed by atoms with E-state index in [1.807, 2.05) is 0 Å². The predicted molar refractivity (Wildman–Crippen MR) is 223 cm³/mol. The molecule has 0 aliphatic rings. The monoisotopic (exact) mass is 856 g/mol. The zero-order valence-electron chi connectivity index (χ0n) is 32.9. The molecule has 0 amide bonds. The molecule has 6 aromatic carbocycles. The molecule has 0 radical (unpaired) electrons. The zero-order valence-corrected chi connectivity index (χ0v) is 32.9. The lowest BCUT2D eigenvalue weighted by Crippen LogP contribution is -2.04. The topological polar surface area (TPSA) is 323 Å². The number of hydrogen-bond acceptors (Lipinski definition) is 17. The molecule has 0 aliphatic carbocycles. The Kier molecular flexibility index (Phi) is 14.7. The normalized spacial score (nSPS) is 10.3. The van der Waals surface area contributed by atoms with Crippen LogP contribution in [0.4, 0.5) is 0 Å². The third kappa shape index (κ3) is 9.69. The minimum atomic E-state index is -0.796. The van der Waals surface area contributed by atoms with Gasteiger partial charge in [0.25, 0.3) is 0 Å². The minimum absolute atomic E-state index is 0. The van der Waals surface area contributed by atoms with Crippen LogP contribution in [0.15, 0.2) is 72.8 Å². The second kappa shape index (κ2) is 19.1. The summed E-state index contributed by atoms with van der Waals surface area (Å²) >= 11 is 0. The number of rotatable bonds is 7. The van der Waals surface area contributed by atoms with Crippen LogP contribution in [0, 0.1) is 27.7 Å². The molecule has 13 N–H and O–H groups in total. The molecule has 0 heterocycles. The van der Waals surface area contributed by atoms with E-state index in [1.165, 1.54) is 83.3 Å². The van der Waals surface area contributed by atoms with Gasteiger partial charge in [-0.25, -0.2) is 0 Å². The molecule has 6 aromatic rings. The smallest absolute Gasteiger partial charge is 0.201 e. The summed E-state index contributed by atoms with van der Waals surface area (Å²) in [7, 11) is 1.25. The van der Waals surface area contributed by atoms with E-state index in [9.17, 15) is 80.8 Å². The van der Waals surface area contributed by atoms with Crippen molar-refractivity contribution in [1.82, 2.24) is 0 Å². The van der Waals surface area contributed by atoms with E-state index >= 15 is 0 Å². The van der Waals surface area contributed by atoms with Crippen molar-refractivity contribution in [3.63, 3.8) is 0 Å². The zero-order chi connectivity index (χ0) is 45.8. The van der Waals surface area contributed by atoms with Crippen molar-refractivity contribution in [2.24, 2.45) is 0 Å². The highest BCUT2D eigenvalue weighted by atomic mass is 16.5. The number of aryl methyl sites for hydroxylation is 1. The SMILES string of the molecule is C.COc1c(C(=O)c2cc(O)c(C)c(O)c2)ccc(O)c1O.Cc1c(O)cc(C(=O)c2ccc(O)c(C)c2O)cc1O.Cc1cc(C(=O)c2ccc(O)c(O)c2O)cc(O)c1O. The molecular weight excluding hydrogens is 812 g/mol. The Balaban J connectivity index is 0.000000246. The van der Waals surface area contributed by atoms with Gasteiger partial charge in [-0.05, 0) is 106 Å². The van der Waals surface area contributed by atoms with Crippen molar-refractivity contribution >= 4 is 17.3 Å². The Morgan fingerprint density at radius 2 is 0.726 bits per heavy atom. The number of hydrogen-bond donors (Lipinski definition) is 13. The second-order valence-electron chi connectivity index (χ2n) is 13.4. The molecule has 62 heavy (non-hydrogen) atoms. The quantitative estimate of drug-likeness (QED) is 0.0579. The summed E-state index contributed by atoms with van der Waals surface area (Å²) < 4.78 is 4.93. The number of carbonyl (C=O) groups excluding carboxylic acids is 3. The molecule has 0 spiro atoms. The highest BCUT2D eigenvalue weighted by Crippen LogP contribution is 2.41. The summed E-state index contributed by atoms with van der Waals surface area (Å²) in [6.45, 7) is 6.00. The molecule has 0 bridgehead atoms. The van der Waals surface area contributed by atoms with E-state index in [4.69, 9.17) is 4.74 Å². The molecule has 0 saturated heterocycles. The van der Waals surface area contributed by atoms with Crippen molar-refractivity contribution in [1.29, 1.82) is 0 Å². The van der Waals surface area contributed by atoms with Crippen molar-refractivity contribution in [3.8, 4) is 80.5 Å². The average Bonchev–Trinajstić information content (AvgIpc) is 3.22. The average molecular weight is 857 g/mol. The van der Waals surface area contributed by atoms with E-state index in [1.54, 1.807) is 0 Å². The van der Waals surface area contributed by atoms with Gasteiger partial charge in [-0.1, -0.05) is 7.43 Å². The van der Waals surface area contributed by atoms with Crippen molar-refractivity contribution in [2.45, 2.75) is 35.1 Å². The maximum absolute atomic E-state index is 12.4. The Bertz CT molecular complexity index is 2530. The van der Waals surface area contributed by atoms with E-state index in [0.29, 0.717) is 0 Å². The number of aromatic hydroxyl groups is 13. The summed E-state index contributed by atoms with van der Waals surface area (Å²) in [6.07, 6.45) is 0. The van der Waals surface area contributed by atoms with Crippen LogP contribution in [0.25, 0.3) is 0 Å². The predicted octanol–water partition coefficient (Wildman–Crippen LogP) is 6.80. The standard InChI is InChI=1S/C15H14O6.C15H14O5.C14H12O6.CH4/c1-7-11(17)5-8(6-12(7)18)13(19)9-3-4-10(16)14(20)15(9)21-2;1-7-12(17)5-9(6-13(7)18)15(20)10-3-4-11(16)8(2)14(10)19;1-6-4-7(5-10(16)11(6)17)12(18)8-2-3-9(15)14(20)13(8)19;/h3-6,16-18,20H,1-2H3;3-6,16-19H,1-2H3;2-5,15-17,19-20H,1H3;1H4. The van der Waals surface area contributed by atoms with Crippen LogP contribution < -0.4 is 4.74 Å². The molecule has 17 nitrogen and oxygen atoms in total. The number of methoxy groups -OCH3 is 1. The van der Waals surface area contributed by atoms with Gasteiger partial charge < -0.3 is 71.1 Å². The highest BCUT2D eigenvalue weighted by Gasteiger charge is 2.23. The third-order valence-corrected chi connectivity index (χ3v) is 9.35. The highest BCUT2D eigenvalue weighted by molar-refractivity contribution is 6.13. The number of ether oxygens (including phenoxy) is 1. The van der Waals surface area contributed by atoms with Gasteiger partial charge in [-0.3, -0.25) is 14.4 Å². The van der Waals surface area contributed by atoms with Crippen molar-refractivity contribution in [3.05, 3.63) is 128 Å². The number of phenols is 13. The van der Waals surface area contributed by atoms with Crippen molar-refractivity contribution < 1.29 is 85.5 Å². The van der Waals surface area contributed by atoms with Gasteiger partial charge in [0.2, 0.25) is 11.5 Å². The number of phenolic OH excluding ortho intramolecular Hbond substituents is 13. The van der Waals surface area contributed by atoms with Crippen LogP contribution in [0.5, 0.6) is 80.5 Å². The number of ketones is 3. The molecule has 326 valence electrons. The van der Waals surface area contributed by atoms with E-state index in [2.05, 4.69) is 0 Å².